The summed E-state index contributed by atoms with van der Waals surface area (Å²) >= 11 is 0. The molecule has 3 amide bonds. The smallest absolute Gasteiger partial charge is 0.243 e. The first-order valence-corrected chi connectivity index (χ1v) is 19.9. The normalized spacial score (nSPS) is 17.8. The molecule has 0 bridgehead atoms. The highest BCUT2D eigenvalue weighted by molar-refractivity contribution is 7.92. The molecule has 5 N–H and O–H groups in total. The van der Waals surface area contributed by atoms with Gasteiger partial charge in [-0.25, -0.2) is 13.4 Å². The highest BCUT2D eigenvalue weighted by Gasteiger charge is 2.37. The first kappa shape index (κ1) is 41.6. The number of carbonyl (C=O) groups excluding carboxylic acids is 3. The van der Waals surface area contributed by atoms with Crippen molar-refractivity contribution in [3.8, 4) is 0 Å². The molecule has 6 atom stereocenters. The van der Waals surface area contributed by atoms with E-state index in [0.717, 1.165) is 37.7 Å². The summed E-state index contributed by atoms with van der Waals surface area (Å²) < 4.78 is 25.6. The van der Waals surface area contributed by atoms with Crippen molar-refractivity contribution in [2.45, 2.75) is 115 Å². The van der Waals surface area contributed by atoms with Gasteiger partial charge in [-0.05, 0) is 84.1 Å². The maximum atomic E-state index is 14.2. The molecule has 1 aromatic carbocycles. The zero-order valence-electron chi connectivity index (χ0n) is 31.0. The summed E-state index contributed by atoms with van der Waals surface area (Å²) in [4.78, 5) is 48.4. The van der Waals surface area contributed by atoms with Crippen LogP contribution in [0.3, 0.4) is 0 Å². The van der Waals surface area contributed by atoms with E-state index in [-0.39, 0.29) is 31.1 Å². The third-order valence-corrected chi connectivity index (χ3v) is 12.3. The quantitative estimate of drug-likeness (QED) is 0.0982. The number of benzene rings is 1. The number of aromatic amines is 1. The van der Waals surface area contributed by atoms with Crippen LogP contribution in [0.25, 0.3) is 0 Å². The first-order valence-electron chi connectivity index (χ1n) is 18.2. The number of nitrogens with zero attached hydrogens (tertiary/aromatic N) is 1. The Bertz CT molecular complexity index is 1550. The third-order valence-electron chi connectivity index (χ3n) is 9.58. The fraction of sp³-hybridized carbons (Fsp3) is 0.590. The van der Waals surface area contributed by atoms with E-state index in [4.69, 9.17) is 0 Å². The van der Waals surface area contributed by atoms with Gasteiger partial charge in [-0.3, -0.25) is 14.4 Å². The van der Waals surface area contributed by atoms with E-state index >= 15 is 0 Å². The lowest BCUT2D eigenvalue weighted by Gasteiger charge is -2.32. The number of imidazole rings is 1. The number of amides is 3. The molecular weight excluding hydrogens is 667 g/mol. The number of aliphatic hydroxyl groups is 1. The molecule has 282 valence electrons. The highest BCUT2D eigenvalue weighted by atomic mass is 32.2. The number of nitrogens with one attached hydrogen (secondary N) is 4. The molecule has 2 unspecified atom stereocenters. The Morgan fingerprint density at radius 2 is 1.80 bits per heavy atom. The van der Waals surface area contributed by atoms with E-state index < -0.39 is 62.2 Å². The molecule has 1 aliphatic rings. The Hall–Kier alpha value is -3.77. The molecule has 0 radical (unpaired) electrons. The van der Waals surface area contributed by atoms with Crippen LogP contribution in [0, 0.1) is 17.8 Å². The Balaban J connectivity index is 1.90. The molecule has 11 nitrogen and oxygen atoms in total. The average Bonchev–Trinajstić information content (AvgIpc) is 3.59. The topological polar surface area (TPSA) is 170 Å². The minimum absolute atomic E-state index is 0.0576. The Morgan fingerprint density at radius 1 is 1.08 bits per heavy atom. The van der Waals surface area contributed by atoms with Crippen LogP contribution in [0.2, 0.25) is 0 Å². The summed E-state index contributed by atoms with van der Waals surface area (Å²) in [5.41, 5.74) is 2.01. The van der Waals surface area contributed by atoms with Crippen LogP contribution in [0.1, 0.15) is 90.8 Å². The summed E-state index contributed by atoms with van der Waals surface area (Å²) in [6.07, 6.45) is 11.5. The largest absolute Gasteiger partial charge is 0.391 e. The minimum atomic E-state index is -3.70. The summed E-state index contributed by atoms with van der Waals surface area (Å²) in [5.74, 6) is -3.21. The Kier molecular flexibility index (Phi) is 16.1. The second-order valence-electron chi connectivity index (χ2n) is 14.9. The number of hydrogen-bond acceptors (Lipinski definition) is 7. The van der Waals surface area contributed by atoms with Gasteiger partial charge in [-0.2, -0.15) is 0 Å². The van der Waals surface area contributed by atoms with Crippen molar-refractivity contribution in [2.75, 3.05) is 12.3 Å². The zero-order valence-corrected chi connectivity index (χ0v) is 31.8. The van der Waals surface area contributed by atoms with Crippen molar-refractivity contribution in [3.63, 3.8) is 0 Å². The molecule has 0 aliphatic heterocycles. The molecule has 0 saturated carbocycles. The van der Waals surface area contributed by atoms with E-state index in [1.807, 2.05) is 37.3 Å². The summed E-state index contributed by atoms with van der Waals surface area (Å²) in [6, 6.07) is 7.34. The monoisotopic (exact) mass is 725 g/mol. The van der Waals surface area contributed by atoms with Crippen molar-refractivity contribution in [3.05, 3.63) is 78.4 Å². The predicted octanol–water partition coefficient (Wildman–Crippen LogP) is 4.60. The standard InChI is InChI=1S/C39H59N5O6S/c1-7-8-19-41-37(47)32(27(2)3)23-35(45)33(21-29-17-13-10-14-18-29)43-38(48)34(22-31-24-40-26-42-31)44-36(46)30(20-28-15-11-9-12-16-28)25-51(49,50)39(4,5)6/h9,11-13,15-17,24,26,29-30,32-35,45H,2,7-8,10,14,18-23,25H2,1,3-6H3,(H,40,42)(H,41,47)(H,43,48)(H,44,46)/t29?,30-,32?,33+,34+,35+/m1/s1. The summed E-state index contributed by atoms with van der Waals surface area (Å²) in [6.45, 7) is 13.2. The molecule has 0 fully saturated rings. The summed E-state index contributed by atoms with van der Waals surface area (Å²) in [5, 5.41) is 20.5. The summed E-state index contributed by atoms with van der Waals surface area (Å²) in [7, 11) is -3.70. The molecule has 0 saturated heterocycles. The van der Waals surface area contributed by atoms with Crippen LogP contribution < -0.4 is 16.0 Å². The number of hydrogen-bond donors (Lipinski definition) is 5. The third kappa shape index (κ3) is 13.4. The second kappa shape index (κ2) is 19.7. The number of H-pyrrole nitrogens is 1. The lowest BCUT2D eigenvalue weighted by Crippen LogP contribution is -2.55. The van der Waals surface area contributed by atoms with Crippen molar-refractivity contribution >= 4 is 27.6 Å². The average molecular weight is 726 g/mol. The molecule has 2 aromatic rings. The predicted molar refractivity (Wildman–Crippen MR) is 201 cm³/mol. The van der Waals surface area contributed by atoms with Gasteiger partial charge in [0.2, 0.25) is 17.7 Å². The Labute approximate surface area is 304 Å². The van der Waals surface area contributed by atoms with Crippen molar-refractivity contribution < 1.29 is 27.9 Å². The number of aliphatic hydroxyl groups excluding tert-OH is 1. The van der Waals surface area contributed by atoms with E-state index in [2.05, 4.69) is 44.6 Å². The van der Waals surface area contributed by atoms with Gasteiger partial charge in [0, 0.05) is 24.9 Å². The molecular formula is C39H59N5O6S. The fourth-order valence-electron chi connectivity index (χ4n) is 6.21. The Morgan fingerprint density at radius 3 is 2.39 bits per heavy atom. The van der Waals surface area contributed by atoms with E-state index in [1.165, 1.54) is 6.33 Å². The molecule has 1 heterocycles. The van der Waals surface area contributed by atoms with Gasteiger partial charge in [0.15, 0.2) is 9.84 Å². The van der Waals surface area contributed by atoms with Crippen molar-refractivity contribution in [2.24, 2.45) is 17.8 Å². The number of carbonyl (C=O) groups is 3. The maximum Gasteiger partial charge on any atom is 0.243 e. The number of unbranched alkanes of at least 4 members (excludes halogenated alkanes) is 1. The second-order valence-corrected chi connectivity index (χ2v) is 17.7. The fourth-order valence-corrected chi connectivity index (χ4v) is 7.51. The number of sulfone groups is 1. The van der Waals surface area contributed by atoms with Crippen LogP contribution in [0.5, 0.6) is 0 Å². The van der Waals surface area contributed by atoms with Crippen LogP contribution in [-0.4, -0.2) is 76.4 Å². The van der Waals surface area contributed by atoms with E-state index in [1.54, 1.807) is 33.9 Å². The van der Waals surface area contributed by atoms with Crippen molar-refractivity contribution in [1.82, 2.24) is 25.9 Å². The van der Waals surface area contributed by atoms with Gasteiger partial charge < -0.3 is 26.0 Å². The maximum absolute atomic E-state index is 14.2. The van der Waals surface area contributed by atoms with Crippen LogP contribution in [-0.2, 0) is 37.1 Å². The van der Waals surface area contributed by atoms with E-state index in [0.29, 0.717) is 24.2 Å². The van der Waals surface area contributed by atoms with Gasteiger partial charge in [0.1, 0.15) is 6.04 Å². The number of rotatable bonds is 20. The van der Waals surface area contributed by atoms with Gasteiger partial charge in [-0.15, -0.1) is 0 Å². The van der Waals surface area contributed by atoms with Gasteiger partial charge >= 0.3 is 0 Å². The SMILES string of the molecule is C=C(C)C(C[C@H](O)[C@H](CC1C=CCCC1)NC(=O)[C@H](Cc1cnc[nH]1)NC(=O)[C@H](Cc1ccccc1)CS(=O)(=O)C(C)(C)C)C(=O)NCCCC. The zero-order chi connectivity index (χ0) is 37.6. The van der Waals surface area contributed by atoms with Gasteiger partial charge in [-0.1, -0.05) is 68.0 Å². The molecule has 51 heavy (non-hydrogen) atoms. The molecule has 1 aliphatic carbocycles. The minimum Gasteiger partial charge on any atom is -0.391 e. The molecule has 12 heteroatoms. The highest BCUT2D eigenvalue weighted by Crippen LogP contribution is 2.26. The number of aromatic nitrogens is 2. The lowest BCUT2D eigenvalue weighted by molar-refractivity contribution is -0.131. The van der Waals surface area contributed by atoms with Gasteiger partial charge in [0.25, 0.3) is 0 Å². The molecule has 0 spiro atoms. The van der Waals surface area contributed by atoms with Gasteiger partial charge in [0.05, 0.1) is 40.8 Å². The van der Waals surface area contributed by atoms with E-state index in [9.17, 15) is 27.9 Å². The van der Waals surface area contributed by atoms with Crippen LogP contribution in [0.4, 0.5) is 0 Å². The lowest BCUT2D eigenvalue weighted by atomic mass is 9.84. The number of allylic oxidation sites excluding steroid dienone is 2. The van der Waals surface area contributed by atoms with Crippen molar-refractivity contribution in [1.29, 1.82) is 0 Å². The first-order chi connectivity index (χ1) is 24.1. The van der Waals surface area contributed by atoms with Crippen LogP contribution in [0.15, 0.2) is 67.2 Å². The molecule has 3 rings (SSSR count). The van der Waals surface area contributed by atoms with Crippen LogP contribution >= 0.6 is 0 Å². The molecule has 1 aromatic heterocycles.